The second kappa shape index (κ2) is 6.37. The van der Waals surface area contributed by atoms with E-state index in [1.165, 1.54) is 19.3 Å². The predicted molar refractivity (Wildman–Crippen MR) is 67.9 cm³/mol. The van der Waals surface area contributed by atoms with Gasteiger partial charge in [0.2, 0.25) is 5.91 Å². The predicted octanol–water partition coefficient (Wildman–Crippen LogP) is -2.00. The van der Waals surface area contributed by atoms with Crippen molar-refractivity contribution < 1.29 is 44.3 Å². The SMILES string of the molecule is O=C([O-])CCCC(=O)NC12CC3CC(CC(C3)C1)C2.[Na+]. The number of nitrogens with one attached hydrogen (secondary N) is 1. The van der Waals surface area contributed by atoms with Crippen LogP contribution in [0.2, 0.25) is 0 Å². The van der Waals surface area contributed by atoms with Crippen molar-refractivity contribution in [2.45, 2.75) is 63.3 Å². The van der Waals surface area contributed by atoms with Crippen molar-refractivity contribution in [3.8, 4) is 0 Å². The molecule has 0 aromatic carbocycles. The third-order valence-electron chi connectivity index (χ3n) is 5.23. The molecule has 4 aliphatic carbocycles. The first kappa shape index (κ1) is 16.3. The van der Waals surface area contributed by atoms with Gasteiger partial charge in [0.1, 0.15) is 0 Å². The van der Waals surface area contributed by atoms with E-state index in [0.29, 0.717) is 12.8 Å². The minimum absolute atomic E-state index is 0. The largest absolute Gasteiger partial charge is 1.00 e. The third kappa shape index (κ3) is 3.58. The molecule has 1 amide bonds. The maximum atomic E-state index is 12.0. The van der Waals surface area contributed by atoms with Crippen LogP contribution in [0.15, 0.2) is 0 Å². The van der Waals surface area contributed by atoms with Crippen molar-refractivity contribution in [3.63, 3.8) is 0 Å². The van der Waals surface area contributed by atoms with Gasteiger partial charge in [-0.15, -0.1) is 0 Å². The molecule has 20 heavy (non-hydrogen) atoms. The van der Waals surface area contributed by atoms with Crippen molar-refractivity contribution in [1.29, 1.82) is 0 Å². The molecule has 0 radical (unpaired) electrons. The molecule has 0 saturated heterocycles. The van der Waals surface area contributed by atoms with Gasteiger partial charge >= 0.3 is 29.6 Å². The minimum atomic E-state index is -1.07. The number of rotatable bonds is 5. The van der Waals surface area contributed by atoms with Gasteiger partial charge in [-0.2, -0.15) is 0 Å². The molecule has 4 nitrogen and oxygen atoms in total. The molecule has 1 N–H and O–H groups in total. The Morgan fingerprint density at radius 1 is 1.00 bits per heavy atom. The zero-order valence-corrected chi connectivity index (χ0v) is 14.3. The van der Waals surface area contributed by atoms with E-state index in [4.69, 9.17) is 0 Å². The molecule has 0 atom stereocenters. The Hall–Kier alpha value is -0.0600. The van der Waals surface area contributed by atoms with Gasteiger partial charge in [0, 0.05) is 17.9 Å². The summed E-state index contributed by atoms with van der Waals surface area (Å²) in [5, 5.41) is 13.6. The first-order chi connectivity index (χ1) is 9.05. The van der Waals surface area contributed by atoms with E-state index in [0.717, 1.165) is 37.0 Å². The van der Waals surface area contributed by atoms with Crippen LogP contribution >= 0.6 is 0 Å². The van der Waals surface area contributed by atoms with Gasteiger partial charge in [0.05, 0.1) is 0 Å². The van der Waals surface area contributed by atoms with Crippen LogP contribution in [0, 0.1) is 17.8 Å². The second-order valence-electron chi connectivity index (χ2n) is 6.97. The number of hydrogen-bond donors (Lipinski definition) is 1. The van der Waals surface area contributed by atoms with Crippen LogP contribution < -0.4 is 40.0 Å². The Labute approximate surface area is 142 Å². The average Bonchev–Trinajstić information content (AvgIpc) is 2.25. The van der Waals surface area contributed by atoms with Gasteiger partial charge in [-0.25, -0.2) is 0 Å². The van der Waals surface area contributed by atoms with E-state index in [1.54, 1.807) is 0 Å². The van der Waals surface area contributed by atoms with Gasteiger partial charge in [-0.05, 0) is 69.1 Å². The maximum Gasteiger partial charge on any atom is 1.00 e. The van der Waals surface area contributed by atoms with Gasteiger partial charge in [-0.1, -0.05) is 0 Å². The van der Waals surface area contributed by atoms with E-state index >= 15 is 0 Å². The molecule has 0 spiro atoms. The Morgan fingerprint density at radius 3 is 1.95 bits per heavy atom. The van der Waals surface area contributed by atoms with Crippen molar-refractivity contribution in [1.82, 2.24) is 5.32 Å². The van der Waals surface area contributed by atoms with E-state index in [9.17, 15) is 14.7 Å². The van der Waals surface area contributed by atoms with Crippen molar-refractivity contribution in [3.05, 3.63) is 0 Å². The summed E-state index contributed by atoms with van der Waals surface area (Å²) < 4.78 is 0. The zero-order chi connectivity index (χ0) is 13.5. The number of carboxylic acid groups (broad SMARTS) is 1. The fourth-order valence-electron chi connectivity index (χ4n) is 5.02. The van der Waals surface area contributed by atoms with Crippen LogP contribution in [0.5, 0.6) is 0 Å². The molecule has 0 unspecified atom stereocenters. The van der Waals surface area contributed by atoms with Crippen molar-refractivity contribution in [2.24, 2.45) is 17.8 Å². The molecule has 4 saturated carbocycles. The fourth-order valence-corrected chi connectivity index (χ4v) is 5.02. The number of aliphatic carboxylic acids is 1. The summed E-state index contributed by atoms with van der Waals surface area (Å²) >= 11 is 0. The van der Waals surface area contributed by atoms with Gasteiger partial charge in [-0.3, -0.25) is 4.79 Å². The first-order valence-corrected chi connectivity index (χ1v) is 7.55. The first-order valence-electron chi connectivity index (χ1n) is 7.55. The molecule has 0 heterocycles. The summed E-state index contributed by atoms with van der Waals surface area (Å²) in [7, 11) is 0. The molecule has 0 aromatic heterocycles. The van der Waals surface area contributed by atoms with Gasteiger partial charge < -0.3 is 15.2 Å². The van der Waals surface area contributed by atoms with Crippen LogP contribution in [0.25, 0.3) is 0 Å². The smallest absolute Gasteiger partial charge is 0.550 e. The molecule has 4 aliphatic rings. The maximum absolute atomic E-state index is 12.0. The van der Waals surface area contributed by atoms with Crippen molar-refractivity contribution in [2.75, 3.05) is 0 Å². The van der Waals surface area contributed by atoms with Crippen LogP contribution in [0.4, 0.5) is 0 Å². The Bertz CT molecular complexity index is 361. The topological polar surface area (TPSA) is 69.2 Å². The molecular weight excluding hydrogens is 265 g/mol. The normalized spacial score (nSPS) is 37.3. The zero-order valence-electron chi connectivity index (χ0n) is 12.3. The molecule has 0 aromatic rings. The summed E-state index contributed by atoms with van der Waals surface area (Å²) in [6, 6.07) is 0. The van der Waals surface area contributed by atoms with E-state index in [2.05, 4.69) is 5.32 Å². The van der Waals surface area contributed by atoms with Crippen molar-refractivity contribution >= 4 is 11.9 Å². The van der Waals surface area contributed by atoms with E-state index < -0.39 is 5.97 Å². The summed E-state index contributed by atoms with van der Waals surface area (Å²) in [4.78, 5) is 22.3. The molecule has 4 fully saturated rings. The van der Waals surface area contributed by atoms with Gasteiger partial charge in [0.25, 0.3) is 0 Å². The number of carboxylic acids is 1. The Balaban J connectivity index is 0.00000147. The third-order valence-corrected chi connectivity index (χ3v) is 5.23. The summed E-state index contributed by atoms with van der Waals surface area (Å²) in [6.45, 7) is 0. The molecule has 4 bridgehead atoms. The average molecular weight is 287 g/mol. The Morgan fingerprint density at radius 2 is 1.50 bits per heavy atom. The quantitative estimate of drug-likeness (QED) is 0.594. The Kier molecular flexibility index (Phi) is 5.19. The fraction of sp³-hybridized carbons (Fsp3) is 0.867. The number of carbonyl (C=O) groups is 2. The monoisotopic (exact) mass is 287 g/mol. The van der Waals surface area contributed by atoms with Crippen LogP contribution in [-0.4, -0.2) is 17.4 Å². The number of amides is 1. The minimum Gasteiger partial charge on any atom is -0.550 e. The molecule has 106 valence electrons. The summed E-state index contributed by atoms with van der Waals surface area (Å²) in [5.41, 5.74) is 0.0489. The standard InChI is InChI=1S/C15H23NO3.Na/c17-13(2-1-3-14(18)19)16-15-7-10-4-11(8-15)6-12(5-10)9-15;/h10-12H,1-9H2,(H,16,17)(H,18,19);/q;+1/p-1. The summed E-state index contributed by atoms with van der Waals surface area (Å²) in [5.74, 6) is 1.41. The summed E-state index contributed by atoms with van der Waals surface area (Å²) in [6.07, 6.45) is 8.20. The van der Waals surface area contributed by atoms with Gasteiger partial charge in [0.15, 0.2) is 0 Å². The van der Waals surface area contributed by atoms with Crippen LogP contribution in [0.3, 0.4) is 0 Å². The van der Waals surface area contributed by atoms with Crippen LogP contribution in [0.1, 0.15) is 57.8 Å². The molecule has 4 rings (SSSR count). The van der Waals surface area contributed by atoms with E-state index in [1.807, 2.05) is 0 Å². The molecule has 0 aliphatic heterocycles. The van der Waals surface area contributed by atoms with Crippen LogP contribution in [-0.2, 0) is 9.59 Å². The second-order valence-corrected chi connectivity index (χ2v) is 6.97. The molecule has 5 heteroatoms. The van der Waals surface area contributed by atoms with E-state index in [-0.39, 0.29) is 47.4 Å². The number of carbonyl (C=O) groups excluding carboxylic acids is 2. The molecular formula is C15H22NNaO3. The number of hydrogen-bond acceptors (Lipinski definition) is 3.